The summed E-state index contributed by atoms with van der Waals surface area (Å²) in [6.45, 7) is 6.21. The molecule has 0 radical (unpaired) electrons. The van der Waals surface area contributed by atoms with Crippen molar-refractivity contribution in [3.63, 3.8) is 0 Å². The van der Waals surface area contributed by atoms with E-state index in [4.69, 9.17) is 0 Å². The molecular weight excluding hydrogens is 236 g/mol. The molecule has 1 unspecified atom stereocenters. The lowest BCUT2D eigenvalue weighted by Gasteiger charge is -2.18. The van der Waals surface area contributed by atoms with Gasteiger partial charge in [0, 0.05) is 18.8 Å². The van der Waals surface area contributed by atoms with Gasteiger partial charge < -0.3 is 10.2 Å². The predicted octanol–water partition coefficient (Wildman–Crippen LogP) is 2.48. The molecule has 0 spiro atoms. The van der Waals surface area contributed by atoms with E-state index in [1.807, 2.05) is 27.9 Å². The zero-order valence-corrected chi connectivity index (χ0v) is 12.6. The molecule has 1 heterocycles. The molecule has 3 heteroatoms. The van der Waals surface area contributed by atoms with E-state index in [9.17, 15) is 4.79 Å². The van der Waals surface area contributed by atoms with Gasteiger partial charge in [0.2, 0.25) is 5.91 Å². The molecule has 1 aliphatic heterocycles. The summed E-state index contributed by atoms with van der Waals surface area (Å²) < 4.78 is 0. The third kappa shape index (κ3) is 2.27. The molecule has 1 aliphatic rings. The first-order valence-electron chi connectivity index (χ1n) is 7.00. The Morgan fingerprint density at radius 1 is 1.37 bits per heavy atom. The van der Waals surface area contributed by atoms with Gasteiger partial charge in [0.1, 0.15) is 0 Å². The first kappa shape index (κ1) is 14.1. The number of hydrogen-bond acceptors (Lipinski definition) is 2. The largest absolute Gasteiger partial charge is 0.317 e. The van der Waals surface area contributed by atoms with E-state index in [2.05, 4.69) is 30.4 Å². The second-order valence-electron chi connectivity index (χ2n) is 5.94. The van der Waals surface area contributed by atoms with Gasteiger partial charge in [-0.05, 0) is 50.9 Å². The molecule has 2 rings (SSSR count). The Hall–Kier alpha value is -1.35. The Morgan fingerprint density at radius 2 is 2.05 bits per heavy atom. The normalized spacial score (nSPS) is 18.6. The van der Waals surface area contributed by atoms with E-state index in [0.29, 0.717) is 6.04 Å². The highest BCUT2D eigenvalue weighted by Gasteiger charge is 2.42. The van der Waals surface area contributed by atoms with Crippen LogP contribution in [0.5, 0.6) is 0 Å². The number of likely N-dealkylation sites (N-methyl/N-ethyl adjacent to an activating group) is 2. The van der Waals surface area contributed by atoms with Crippen molar-refractivity contribution in [2.75, 3.05) is 19.0 Å². The topological polar surface area (TPSA) is 32.3 Å². The summed E-state index contributed by atoms with van der Waals surface area (Å²) in [6, 6.07) is 6.93. The van der Waals surface area contributed by atoms with Gasteiger partial charge in [0.05, 0.1) is 5.41 Å². The standard InChI is InChI=1S/C16H24N2O/c1-6-12(17-4)9-11-7-8-14-13(10-11)16(2,3)15(19)18(14)5/h7-8,10,12,17H,6,9H2,1-5H3. The van der Waals surface area contributed by atoms with Crippen molar-refractivity contribution in [2.45, 2.75) is 45.1 Å². The highest BCUT2D eigenvalue weighted by molar-refractivity contribution is 6.07. The van der Waals surface area contributed by atoms with E-state index in [1.54, 1.807) is 4.90 Å². The van der Waals surface area contributed by atoms with E-state index < -0.39 is 5.41 Å². The SMILES string of the molecule is CCC(Cc1ccc2c(c1)C(C)(C)C(=O)N2C)NC. The van der Waals surface area contributed by atoms with Gasteiger partial charge in [-0.3, -0.25) is 4.79 Å². The Labute approximate surface area is 116 Å². The maximum absolute atomic E-state index is 12.2. The smallest absolute Gasteiger partial charge is 0.236 e. The number of anilines is 1. The molecule has 19 heavy (non-hydrogen) atoms. The van der Waals surface area contributed by atoms with Gasteiger partial charge in [-0.25, -0.2) is 0 Å². The number of fused-ring (bicyclic) bond motifs is 1. The molecule has 0 bridgehead atoms. The monoisotopic (exact) mass is 260 g/mol. The predicted molar refractivity (Wildman–Crippen MR) is 79.7 cm³/mol. The van der Waals surface area contributed by atoms with Crippen molar-refractivity contribution in [1.82, 2.24) is 5.32 Å². The molecule has 1 aromatic carbocycles. The third-order valence-electron chi connectivity index (χ3n) is 4.32. The third-order valence-corrected chi connectivity index (χ3v) is 4.32. The van der Waals surface area contributed by atoms with Gasteiger partial charge in [-0.2, -0.15) is 0 Å². The molecule has 0 saturated carbocycles. The molecule has 3 nitrogen and oxygen atoms in total. The summed E-state index contributed by atoms with van der Waals surface area (Å²) in [7, 11) is 3.86. The number of amides is 1. The Balaban J connectivity index is 2.35. The van der Waals surface area contributed by atoms with E-state index >= 15 is 0 Å². The van der Waals surface area contributed by atoms with Crippen LogP contribution in [0.15, 0.2) is 18.2 Å². The van der Waals surface area contributed by atoms with Crippen molar-refractivity contribution < 1.29 is 4.79 Å². The summed E-state index contributed by atoms with van der Waals surface area (Å²) in [5.41, 5.74) is 3.11. The molecule has 0 saturated heterocycles. The fourth-order valence-corrected chi connectivity index (χ4v) is 2.88. The van der Waals surface area contributed by atoms with Crippen LogP contribution in [0.25, 0.3) is 0 Å². The molecule has 1 atom stereocenters. The number of carbonyl (C=O) groups excluding carboxylic acids is 1. The molecule has 0 fully saturated rings. The van der Waals surface area contributed by atoms with Crippen LogP contribution in [0.1, 0.15) is 38.3 Å². The molecule has 0 aromatic heterocycles. The number of hydrogen-bond donors (Lipinski definition) is 1. The summed E-state index contributed by atoms with van der Waals surface area (Å²) >= 11 is 0. The van der Waals surface area contributed by atoms with Crippen LogP contribution in [0, 0.1) is 0 Å². The van der Waals surface area contributed by atoms with Crippen LogP contribution in [-0.2, 0) is 16.6 Å². The average molecular weight is 260 g/mol. The maximum Gasteiger partial charge on any atom is 0.236 e. The number of carbonyl (C=O) groups is 1. The van der Waals surface area contributed by atoms with Gasteiger partial charge in [-0.15, -0.1) is 0 Å². The lowest BCUT2D eigenvalue weighted by atomic mass is 9.85. The van der Waals surface area contributed by atoms with E-state index in [-0.39, 0.29) is 5.91 Å². The molecule has 1 N–H and O–H groups in total. The number of nitrogens with one attached hydrogen (secondary N) is 1. The fourth-order valence-electron chi connectivity index (χ4n) is 2.88. The van der Waals surface area contributed by atoms with Gasteiger partial charge in [-0.1, -0.05) is 19.1 Å². The zero-order valence-electron chi connectivity index (χ0n) is 12.6. The highest BCUT2D eigenvalue weighted by atomic mass is 16.2. The Kier molecular flexibility index (Phi) is 3.68. The Bertz CT molecular complexity index is 490. The average Bonchev–Trinajstić information content (AvgIpc) is 2.58. The van der Waals surface area contributed by atoms with Crippen LogP contribution in [0.2, 0.25) is 0 Å². The second-order valence-corrected chi connectivity index (χ2v) is 5.94. The van der Waals surface area contributed by atoms with Crippen LogP contribution < -0.4 is 10.2 Å². The van der Waals surface area contributed by atoms with Crippen LogP contribution in [-0.4, -0.2) is 26.0 Å². The molecule has 104 valence electrons. The number of benzene rings is 1. The van der Waals surface area contributed by atoms with Crippen LogP contribution in [0.4, 0.5) is 5.69 Å². The minimum atomic E-state index is -0.401. The summed E-state index contributed by atoms with van der Waals surface area (Å²) in [5, 5.41) is 3.33. The van der Waals surface area contributed by atoms with Crippen molar-refractivity contribution in [3.8, 4) is 0 Å². The molecule has 1 amide bonds. The first-order valence-corrected chi connectivity index (χ1v) is 7.00. The quantitative estimate of drug-likeness (QED) is 0.902. The summed E-state index contributed by atoms with van der Waals surface area (Å²) in [4.78, 5) is 14.0. The second kappa shape index (κ2) is 4.97. The molecule has 0 aliphatic carbocycles. The van der Waals surface area contributed by atoms with Crippen LogP contribution in [0.3, 0.4) is 0 Å². The Morgan fingerprint density at radius 3 is 2.63 bits per heavy atom. The van der Waals surface area contributed by atoms with Gasteiger partial charge >= 0.3 is 0 Å². The van der Waals surface area contributed by atoms with Crippen LogP contribution >= 0.6 is 0 Å². The molecule has 1 aromatic rings. The number of nitrogens with zero attached hydrogens (tertiary/aromatic N) is 1. The van der Waals surface area contributed by atoms with E-state index in [1.165, 1.54) is 5.56 Å². The summed E-state index contributed by atoms with van der Waals surface area (Å²) in [5.74, 6) is 0.181. The molecular formula is C16H24N2O. The van der Waals surface area contributed by atoms with Gasteiger partial charge in [0.25, 0.3) is 0 Å². The first-order chi connectivity index (χ1) is 8.91. The number of rotatable bonds is 4. The lowest BCUT2D eigenvalue weighted by Crippen LogP contribution is -2.33. The van der Waals surface area contributed by atoms with E-state index in [0.717, 1.165) is 24.1 Å². The minimum Gasteiger partial charge on any atom is -0.317 e. The van der Waals surface area contributed by atoms with Crippen molar-refractivity contribution in [1.29, 1.82) is 0 Å². The van der Waals surface area contributed by atoms with Crippen molar-refractivity contribution >= 4 is 11.6 Å². The maximum atomic E-state index is 12.2. The highest BCUT2D eigenvalue weighted by Crippen LogP contribution is 2.41. The lowest BCUT2D eigenvalue weighted by molar-refractivity contribution is -0.121. The van der Waals surface area contributed by atoms with Gasteiger partial charge in [0.15, 0.2) is 0 Å². The minimum absolute atomic E-state index is 0.181. The zero-order chi connectivity index (χ0) is 14.2. The summed E-state index contributed by atoms with van der Waals surface area (Å²) in [6.07, 6.45) is 2.12. The van der Waals surface area contributed by atoms with Crippen molar-refractivity contribution in [2.24, 2.45) is 0 Å². The van der Waals surface area contributed by atoms with Crippen molar-refractivity contribution in [3.05, 3.63) is 29.3 Å². The fraction of sp³-hybridized carbons (Fsp3) is 0.562.